The highest BCUT2D eigenvalue weighted by Gasteiger charge is 2.17. The van der Waals surface area contributed by atoms with Gasteiger partial charge in [-0.25, -0.2) is 0 Å². The molecule has 8 nitrogen and oxygen atoms in total. The molecule has 28 heavy (non-hydrogen) atoms. The van der Waals surface area contributed by atoms with E-state index < -0.39 is 11.8 Å². The van der Waals surface area contributed by atoms with Gasteiger partial charge in [0.1, 0.15) is 12.4 Å². The van der Waals surface area contributed by atoms with Crippen molar-refractivity contribution >= 4 is 17.5 Å². The standard InChI is InChI=1S/C20H21N5O3/c1-15(16-6-9-21-10-7-16)23-19(26)20(27)24-17-4-2-5-18(14-17)28-13-12-25-11-3-8-22-25/h2-11,14-15H,12-13H2,1H3,(H,23,26)(H,24,27). The predicted molar refractivity (Wildman–Crippen MR) is 104 cm³/mol. The van der Waals surface area contributed by atoms with Crippen LogP contribution in [0.25, 0.3) is 0 Å². The van der Waals surface area contributed by atoms with E-state index in [4.69, 9.17) is 4.74 Å². The van der Waals surface area contributed by atoms with E-state index in [1.54, 1.807) is 66.6 Å². The Morgan fingerprint density at radius 1 is 1.11 bits per heavy atom. The van der Waals surface area contributed by atoms with E-state index >= 15 is 0 Å². The number of hydrogen-bond acceptors (Lipinski definition) is 5. The average Bonchev–Trinajstić information content (AvgIpc) is 3.22. The first-order valence-corrected chi connectivity index (χ1v) is 8.84. The smallest absolute Gasteiger partial charge is 0.313 e. The molecule has 2 amide bonds. The lowest BCUT2D eigenvalue weighted by Crippen LogP contribution is -2.36. The van der Waals surface area contributed by atoms with Gasteiger partial charge in [-0.2, -0.15) is 5.10 Å². The van der Waals surface area contributed by atoms with Crippen LogP contribution in [0.3, 0.4) is 0 Å². The Hall–Kier alpha value is -3.68. The summed E-state index contributed by atoms with van der Waals surface area (Å²) in [4.78, 5) is 28.2. The van der Waals surface area contributed by atoms with Gasteiger partial charge in [0.05, 0.1) is 12.6 Å². The van der Waals surface area contributed by atoms with Gasteiger partial charge in [-0.05, 0) is 42.8 Å². The molecule has 0 aliphatic carbocycles. The number of ether oxygens (including phenoxy) is 1. The minimum absolute atomic E-state index is 0.307. The maximum atomic E-state index is 12.2. The fraction of sp³-hybridized carbons (Fsp3) is 0.200. The van der Waals surface area contributed by atoms with Gasteiger partial charge in [0, 0.05) is 36.5 Å². The van der Waals surface area contributed by atoms with Gasteiger partial charge in [0.15, 0.2) is 0 Å². The number of pyridine rings is 1. The van der Waals surface area contributed by atoms with Gasteiger partial charge in [-0.1, -0.05) is 6.07 Å². The van der Waals surface area contributed by atoms with Gasteiger partial charge in [-0.3, -0.25) is 19.3 Å². The minimum atomic E-state index is -0.741. The molecule has 0 fully saturated rings. The number of carbonyl (C=O) groups excluding carboxylic acids is 2. The molecule has 3 rings (SSSR count). The third-order valence-corrected chi connectivity index (χ3v) is 4.00. The number of nitrogens with one attached hydrogen (secondary N) is 2. The summed E-state index contributed by atoms with van der Waals surface area (Å²) in [7, 11) is 0. The number of carbonyl (C=O) groups is 2. The van der Waals surface area contributed by atoms with E-state index in [9.17, 15) is 9.59 Å². The van der Waals surface area contributed by atoms with Crippen LogP contribution in [0.1, 0.15) is 18.5 Å². The summed E-state index contributed by atoms with van der Waals surface area (Å²) in [5.41, 5.74) is 1.34. The average molecular weight is 379 g/mol. The quantitative estimate of drug-likeness (QED) is 0.613. The highest BCUT2D eigenvalue weighted by atomic mass is 16.5. The van der Waals surface area contributed by atoms with Crippen molar-refractivity contribution in [3.63, 3.8) is 0 Å². The maximum absolute atomic E-state index is 12.2. The van der Waals surface area contributed by atoms with Crippen molar-refractivity contribution in [2.45, 2.75) is 19.5 Å². The number of hydrogen-bond donors (Lipinski definition) is 2. The van der Waals surface area contributed by atoms with Gasteiger partial charge >= 0.3 is 11.8 Å². The molecule has 1 atom stereocenters. The van der Waals surface area contributed by atoms with Crippen LogP contribution < -0.4 is 15.4 Å². The number of aromatic nitrogens is 3. The number of anilines is 1. The zero-order chi connectivity index (χ0) is 19.8. The van der Waals surface area contributed by atoms with E-state index in [0.717, 1.165) is 5.56 Å². The summed E-state index contributed by atoms with van der Waals surface area (Å²) in [6, 6.07) is 12.0. The molecule has 2 aromatic heterocycles. The normalized spacial score (nSPS) is 11.5. The Bertz CT molecular complexity index is 913. The molecule has 0 bridgehead atoms. The monoisotopic (exact) mass is 379 g/mol. The second-order valence-electron chi connectivity index (χ2n) is 6.08. The molecule has 0 spiro atoms. The molecule has 2 N–H and O–H groups in total. The first-order valence-electron chi connectivity index (χ1n) is 8.84. The summed E-state index contributed by atoms with van der Waals surface area (Å²) in [6.07, 6.45) is 6.83. The third kappa shape index (κ3) is 5.41. The number of nitrogens with zero attached hydrogens (tertiary/aromatic N) is 3. The van der Waals surface area contributed by atoms with Crippen LogP contribution >= 0.6 is 0 Å². The zero-order valence-corrected chi connectivity index (χ0v) is 15.4. The largest absolute Gasteiger partial charge is 0.492 e. The lowest BCUT2D eigenvalue weighted by molar-refractivity contribution is -0.136. The topological polar surface area (TPSA) is 98.1 Å². The van der Waals surface area contributed by atoms with Crippen molar-refractivity contribution in [1.29, 1.82) is 0 Å². The van der Waals surface area contributed by atoms with Crippen LogP contribution in [0, 0.1) is 0 Å². The van der Waals surface area contributed by atoms with Crippen LogP contribution in [0.2, 0.25) is 0 Å². The Morgan fingerprint density at radius 3 is 2.68 bits per heavy atom. The summed E-state index contributed by atoms with van der Waals surface area (Å²) in [5, 5.41) is 9.34. The molecule has 1 unspecified atom stereocenters. The minimum Gasteiger partial charge on any atom is -0.492 e. The van der Waals surface area contributed by atoms with Gasteiger partial charge in [0.2, 0.25) is 0 Å². The third-order valence-electron chi connectivity index (χ3n) is 4.00. The van der Waals surface area contributed by atoms with E-state index in [2.05, 4.69) is 20.7 Å². The molecule has 2 heterocycles. The SMILES string of the molecule is CC(NC(=O)C(=O)Nc1cccc(OCCn2cccn2)c1)c1ccncc1. The molecule has 0 aliphatic rings. The van der Waals surface area contributed by atoms with Crippen LogP contribution in [0.5, 0.6) is 5.75 Å². The summed E-state index contributed by atoms with van der Waals surface area (Å²) < 4.78 is 7.43. The van der Waals surface area contributed by atoms with E-state index in [1.165, 1.54) is 0 Å². The van der Waals surface area contributed by atoms with Gasteiger partial charge in [-0.15, -0.1) is 0 Å². The van der Waals surface area contributed by atoms with Gasteiger partial charge < -0.3 is 15.4 Å². The van der Waals surface area contributed by atoms with Crippen LogP contribution in [-0.2, 0) is 16.1 Å². The molecule has 1 aromatic carbocycles. The predicted octanol–water partition coefficient (Wildman–Crippen LogP) is 2.17. The van der Waals surface area contributed by atoms with Crippen molar-refractivity contribution in [2.75, 3.05) is 11.9 Å². The zero-order valence-electron chi connectivity index (χ0n) is 15.4. The molecular weight excluding hydrogens is 358 g/mol. The highest BCUT2D eigenvalue weighted by molar-refractivity contribution is 6.39. The Morgan fingerprint density at radius 2 is 1.93 bits per heavy atom. The fourth-order valence-corrected chi connectivity index (χ4v) is 2.54. The molecule has 144 valence electrons. The van der Waals surface area contributed by atoms with Crippen molar-refractivity contribution in [2.24, 2.45) is 0 Å². The summed E-state index contributed by atoms with van der Waals surface area (Å²) in [6.45, 7) is 2.84. The van der Waals surface area contributed by atoms with Crippen molar-refractivity contribution in [3.05, 3.63) is 72.8 Å². The lowest BCUT2D eigenvalue weighted by Gasteiger charge is -2.14. The van der Waals surface area contributed by atoms with Crippen molar-refractivity contribution < 1.29 is 14.3 Å². The second-order valence-corrected chi connectivity index (χ2v) is 6.08. The van der Waals surface area contributed by atoms with E-state index in [0.29, 0.717) is 24.6 Å². The molecule has 0 radical (unpaired) electrons. The number of rotatable bonds is 7. The second kappa shape index (κ2) is 9.31. The highest BCUT2D eigenvalue weighted by Crippen LogP contribution is 2.17. The van der Waals surface area contributed by atoms with Crippen LogP contribution in [0.15, 0.2) is 67.3 Å². The summed E-state index contributed by atoms with van der Waals surface area (Å²) >= 11 is 0. The molecular formula is C20H21N5O3. The molecule has 0 saturated heterocycles. The van der Waals surface area contributed by atoms with Crippen molar-refractivity contribution in [1.82, 2.24) is 20.1 Å². The van der Waals surface area contributed by atoms with E-state index in [1.807, 2.05) is 12.3 Å². The first kappa shape index (κ1) is 19.1. The first-order chi connectivity index (χ1) is 13.6. The van der Waals surface area contributed by atoms with Gasteiger partial charge in [0.25, 0.3) is 0 Å². The lowest BCUT2D eigenvalue weighted by atomic mass is 10.1. The molecule has 0 aliphatic heterocycles. The van der Waals surface area contributed by atoms with Crippen LogP contribution in [-0.4, -0.2) is 33.2 Å². The molecule has 3 aromatic rings. The molecule has 8 heteroatoms. The summed E-state index contributed by atoms with van der Waals surface area (Å²) in [5.74, 6) is -0.862. The van der Waals surface area contributed by atoms with Crippen molar-refractivity contribution in [3.8, 4) is 5.75 Å². The van der Waals surface area contributed by atoms with E-state index in [-0.39, 0.29) is 6.04 Å². The Balaban J connectivity index is 1.51. The van der Waals surface area contributed by atoms with Crippen LogP contribution in [0.4, 0.5) is 5.69 Å². The Kier molecular flexibility index (Phi) is 6.35. The fourth-order valence-electron chi connectivity index (χ4n) is 2.54. The maximum Gasteiger partial charge on any atom is 0.313 e. The number of benzene rings is 1. The molecule has 0 saturated carbocycles. The Labute approximate surface area is 162 Å². The number of amides is 2.